The summed E-state index contributed by atoms with van der Waals surface area (Å²) in [6, 6.07) is -1.22. The van der Waals surface area contributed by atoms with Gasteiger partial charge in [0.1, 0.15) is 6.04 Å². The van der Waals surface area contributed by atoms with E-state index in [9.17, 15) is 19.5 Å². The van der Waals surface area contributed by atoms with Crippen LogP contribution in [0.2, 0.25) is 0 Å². The van der Waals surface area contributed by atoms with Crippen LogP contribution in [-0.4, -0.2) is 85.4 Å². The van der Waals surface area contributed by atoms with Gasteiger partial charge in [0.15, 0.2) is 0 Å². The number of alkyl halides is 1. The number of aliphatic hydroxyl groups is 1. The highest BCUT2D eigenvalue weighted by Crippen LogP contribution is 2.68. The Labute approximate surface area is 209 Å². The maximum absolute atomic E-state index is 14.2. The van der Waals surface area contributed by atoms with Gasteiger partial charge in [-0.15, -0.1) is 18.3 Å². The summed E-state index contributed by atoms with van der Waals surface area (Å²) in [5.74, 6) is -1.91. The lowest BCUT2D eigenvalue weighted by Gasteiger charge is -2.41. The van der Waals surface area contributed by atoms with Gasteiger partial charge in [0.05, 0.1) is 35.8 Å². The average Bonchev–Trinajstić information content (AvgIpc) is 3.37. The molecule has 9 heteroatoms. The number of nitrogens with zero attached hydrogens (tertiary/aromatic N) is 2. The van der Waals surface area contributed by atoms with Crippen LogP contribution in [0.15, 0.2) is 12.7 Å². The Morgan fingerprint density at radius 3 is 2.67 bits per heavy atom. The second-order valence-corrected chi connectivity index (χ2v) is 12.0. The van der Waals surface area contributed by atoms with Crippen molar-refractivity contribution in [3.05, 3.63) is 12.7 Å². The minimum absolute atomic E-state index is 0.00586. The summed E-state index contributed by atoms with van der Waals surface area (Å²) in [4.78, 5) is 44.6. The maximum Gasteiger partial charge on any atom is 0.310 e. The van der Waals surface area contributed by atoms with E-state index in [1.807, 2.05) is 18.7 Å². The van der Waals surface area contributed by atoms with Gasteiger partial charge >= 0.3 is 5.97 Å². The number of carbonyl (C=O) groups is 3. The third-order valence-electron chi connectivity index (χ3n) is 7.44. The number of rotatable bonds is 11. The summed E-state index contributed by atoms with van der Waals surface area (Å²) in [5, 5.41) is 10.0. The van der Waals surface area contributed by atoms with Gasteiger partial charge in [-0.25, -0.2) is 0 Å². The first-order valence-corrected chi connectivity index (χ1v) is 13.9. The van der Waals surface area contributed by atoms with Gasteiger partial charge in [-0.3, -0.25) is 14.4 Å². The SMILES string of the molecule is C=CCN(C(=O)C1N([C@@H](CC)CO)C(=O)[C@@H]2[C@H](C(=O)OCC)[C@H]3SC12CC3Br)C(C)CCC. The molecule has 0 saturated carbocycles. The Morgan fingerprint density at radius 1 is 1.42 bits per heavy atom. The summed E-state index contributed by atoms with van der Waals surface area (Å²) in [7, 11) is 0. The molecule has 1 N–H and O–H groups in total. The molecule has 3 heterocycles. The van der Waals surface area contributed by atoms with Crippen LogP contribution >= 0.6 is 27.7 Å². The van der Waals surface area contributed by atoms with E-state index in [1.165, 1.54) is 0 Å². The van der Waals surface area contributed by atoms with Crippen molar-refractivity contribution in [1.29, 1.82) is 0 Å². The van der Waals surface area contributed by atoms with Crippen molar-refractivity contribution in [2.75, 3.05) is 19.8 Å². The second-order valence-electron chi connectivity index (χ2n) is 9.32. The zero-order valence-corrected chi connectivity index (χ0v) is 22.4. The molecule has 2 amide bonds. The molecule has 0 aromatic heterocycles. The number of likely N-dealkylation sites (tertiary alicyclic amines) is 1. The van der Waals surface area contributed by atoms with Gasteiger partial charge < -0.3 is 19.6 Å². The van der Waals surface area contributed by atoms with Crippen molar-refractivity contribution in [3.63, 3.8) is 0 Å². The highest BCUT2D eigenvalue weighted by atomic mass is 79.9. The van der Waals surface area contributed by atoms with Crippen LogP contribution in [0.1, 0.15) is 53.4 Å². The quantitative estimate of drug-likeness (QED) is 0.244. The van der Waals surface area contributed by atoms with E-state index in [0.29, 0.717) is 19.4 Å². The zero-order valence-electron chi connectivity index (χ0n) is 20.0. The molecular formula is C24H37BrN2O5S. The third-order valence-corrected chi connectivity index (χ3v) is 10.7. The fourth-order valence-corrected chi connectivity index (χ4v) is 9.60. The van der Waals surface area contributed by atoms with E-state index in [0.717, 1.165) is 12.8 Å². The van der Waals surface area contributed by atoms with Gasteiger partial charge in [0.25, 0.3) is 0 Å². The first kappa shape index (κ1) is 26.5. The number of esters is 1. The van der Waals surface area contributed by atoms with E-state index >= 15 is 0 Å². The molecule has 33 heavy (non-hydrogen) atoms. The summed E-state index contributed by atoms with van der Waals surface area (Å²) in [5.41, 5.74) is 0. The van der Waals surface area contributed by atoms with Crippen molar-refractivity contribution in [1.82, 2.24) is 9.80 Å². The molecule has 3 rings (SSSR count). The van der Waals surface area contributed by atoms with Gasteiger partial charge in [0.2, 0.25) is 11.8 Å². The van der Waals surface area contributed by atoms with Crippen molar-refractivity contribution in [2.24, 2.45) is 11.8 Å². The zero-order chi connectivity index (χ0) is 24.5. The van der Waals surface area contributed by atoms with Gasteiger partial charge in [-0.1, -0.05) is 42.3 Å². The lowest BCUT2D eigenvalue weighted by molar-refractivity contribution is -0.154. The summed E-state index contributed by atoms with van der Waals surface area (Å²) < 4.78 is 4.65. The molecular weight excluding hydrogens is 508 g/mol. The second kappa shape index (κ2) is 10.7. The Bertz CT molecular complexity index is 778. The van der Waals surface area contributed by atoms with E-state index in [4.69, 9.17) is 4.74 Å². The van der Waals surface area contributed by atoms with Crippen LogP contribution in [-0.2, 0) is 19.1 Å². The fraction of sp³-hybridized carbons (Fsp3) is 0.792. The van der Waals surface area contributed by atoms with E-state index in [2.05, 4.69) is 29.4 Å². The van der Waals surface area contributed by atoms with E-state index in [-0.39, 0.29) is 47.1 Å². The summed E-state index contributed by atoms with van der Waals surface area (Å²) >= 11 is 5.34. The van der Waals surface area contributed by atoms with Crippen LogP contribution in [0.5, 0.6) is 0 Å². The number of thioether (sulfide) groups is 1. The minimum atomic E-state index is -0.735. The number of amides is 2. The van der Waals surface area contributed by atoms with Crippen LogP contribution in [0, 0.1) is 11.8 Å². The Kier molecular flexibility index (Phi) is 8.60. The molecule has 2 bridgehead atoms. The number of fused-ring (bicyclic) bond motifs is 1. The summed E-state index contributed by atoms with van der Waals surface area (Å²) in [6.07, 6.45) is 4.64. The highest BCUT2D eigenvalue weighted by Gasteiger charge is 2.76. The molecule has 0 aromatic carbocycles. The smallest absolute Gasteiger partial charge is 0.310 e. The molecule has 4 unspecified atom stereocenters. The lowest BCUT2D eigenvalue weighted by atomic mass is 9.71. The normalized spacial score (nSPS) is 34.2. The predicted molar refractivity (Wildman–Crippen MR) is 133 cm³/mol. The average molecular weight is 546 g/mol. The Hall–Kier alpha value is -1.06. The largest absolute Gasteiger partial charge is 0.466 e. The molecule has 186 valence electrons. The first-order chi connectivity index (χ1) is 15.7. The van der Waals surface area contributed by atoms with Gasteiger partial charge in [-0.2, -0.15) is 0 Å². The topological polar surface area (TPSA) is 87.2 Å². The molecule has 3 saturated heterocycles. The van der Waals surface area contributed by atoms with E-state index < -0.39 is 28.7 Å². The Balaban J connectivity index is 2.11. The lowest BCUT2D eigenvalue weighted by Crippen LogP contribution is -2.59. The molecule has 3 aliphatic heterocycles. The van der Waals surface area contributed by atoms with Crippen LogP contribution in [0.3, 0.4) is 0 Å². The maximum atomic E-state index is 14.2. The minimum Gasteiger partial charge on any atom is -0.466 e. The predicted octanol–water partition coefficient (Wildman–Crippen LogP) is 2.99. The van der Waals surface area contributed by atoms with Crippen LogP contribution < -0.4 is 0 Å². The molecule has 0 radical (unpaired) electrons. The van der Waals surface area contributed by atoms with Crippen molar-refractivity contribution in [2.45, 2.75) is 86.3 Å². The number of carbonyl (C=O) groups excluding carboxylic acids is 3. The van der Waals surface area contributed by atoms with Crippen LogP contribution in [0.25, 0.3) is 0 Å². The molecule has 8 atom stereocenters. The molecule has 3 aliphatic rings. The highest BCUT2D eigenvalue weighted by molar-refractivity contribution is 9.09. The fourth-order valence-electron chi connectivity index (χ4n) is 6.02. The number of halogens is 1. The van der Waals surface area contributed by atoms with Gasteiger partial charge in [0, 0.05) is 22.7 Å². The van der Waals surface area contributed by atoms with Crippen molar-refractivity contribution >= 4 is 45.5 Å². The number of ether oxygens (including phenoxy) is 1. The standard InChI is InChI=1S/C24H37BrN2O5S/c1-6-10-14(5)26(11-7-2)22(30)20-24-12-16(25)19(33-24)17(23(31)32-9-4)18(24)21(29)27(20)15(8-3)13-28/h7,14-20,28H,2,6,8-13H2,1,3-5H3/t14?,15-,16?,17-,18-,19-,20?,24?/m0/s1. The first-order valence-electron chi connectivity index (χ1n) is 12.1. The molecule has 0 aromatic rings. The Morgan fingerprint density at radius 2 is 2.12 bits per heavy atom. The molecule has 3 fully saturated rings. The molecule has 0 aliphatic carbocycles. The van der Waals surface area contributed by atoms with Crippen LogP contribution in [0.4, 0.5) is 0 Å². The van der Waals surface area contributed by atoms with Crippen molar-refractivity contribution < 1.29 is 24.2 Å². The number of hydrogen-bond donors (Lipinski definition) is 1. The number of aliphatic hydroxyl groups excluding tert-OH is 1. The number of hydrogen-bond acceptors (Lipinski definition) is 6. The van der Waals surface area contributed by atoms with E-state index in [1.54, 1.807) is 29.7 Å². The molecule has 1 spiro atoms. The third kappa shape index (κ3) is 4.27. The monoisotopic (exact) mass is 544 g/mol. The summed E-state index contributed by atoms with van der Waals surface area (Å²) in [6.45, 7) is 12.0. The van der Waals surface area contributed by atoms with Crippen molar-refractivity contribution in [3.8, 4) is 0 Å². The van der Waals surface area contributed by atoms with Gasteiger partial charge in [-0.05, 0) is 33.1 Å². The molecule has 7 nitrogen and oxygen atoms in total.